The molecule has 0 aliphatic heterocycles. The van der Waals surface area contributed by atoms with Crippen LogP contribution in [0.3, 0.4) is 0 Å². The van der Waals surface area contributed by atoms with Gasteiger partial charge in [0.1, 0.15) is 29.3 Å². The number of hydrogen-bond acceptors (Lipinski definition) is 6. The molecule has 1 saturated carbocycles. The SMILES string of the molecule is CCc1ccc(C(C(=O)NC(Cc2ccccc2)C(=O)OC(C)(C)C)N(C(=O)C(C)NC(=O)OC(C)(C)C)C2CC2)cc1. The highest BCUT2D eigenvalue weighted by Gasteiger charge is 2.44. The first-order valence-corrected chi connectivity index (χ1v) is 15.1. The summed E-state index contributed by atoms with van der Waals surface area (Å²) in [6.07, 6.45) is 1.77. The number of carbonyl (C=O) groups is 4. The summed E-state index contributed by atoms with van der Waals surface area (Å²) in [5.74, 6) is -1.47. The summed E-state index contributed by atoms with van der Waals surface area (Å²) in [6.45, 7) is 14.2. The Morgan fingerprint density at radius 2 is 1.42 bits per heavy atom. The summed E-state index contributed by atoms with van der Waals surface area (Å²) in [5.41, 5.74) is 1.06. The lowest BCUT2D eigenvalue weighted by molar-refractivity contribution is -0.159. The van der Waals surface area contributed by atoms with Gasteiger partial charge in [0.25, 0.3) is 0 Å². The Morgan fingerprint density at radius 1 is 0.837 bits per heavy atom. The van der Waals surface area contributed by atoms with E-state index in [0.29, 0.717) is 5.56 Å². The zero-order valence-corrected chi connectivity index (χ0v) is 26.7. The summed E-state index contributed by atoms with van der Waals surface area (Å²) in [7, 11) is 0. The number of carbonyl (C=O) groups excluding carboxylic acids is 4. The lowest BCUT2D eigenvalue weighted by Crippen LogP contribution is -2.55. The van der Waals surface area contributed by atoms with Crippen molar-refractivity contribution in [3.63, 3.8) is 0 Å². The normalized spacial score (nSPS) is 15.4. The highest BCUT2D eigenvalue weighted by Crippen LogP contribution is 2.36. The second kappa shape index (κ2) is 14.1. The maximum Gasteiger partial charge on any atom is 0.408 e. The predicted octanol–water partition coefficient (Wildman–Crippen LogP) is 5.26. The van der Waals surface area contributed by atoms with Gasteiger partial charge in [-0.25, -0.2) is 9.59 Å². The smallest absolute Gasteiger partial charge is 0.408 e. The Morgan fingerprint density at radius 3 is 1.93 bits per heavy atom. The second-order valence-electron chi connectivity index (χ2n) is 13.1. The van der Waals surface area contributed by atoms with Gasteiger partial charge < -0.3 is 25.0 Å². The largest absolute Gasteiger partial charge is 0.458 e. The maximum atomic E-state index is 14.3. The highest BCUT2D eigenvalue weighted by atomic mass is 16.6. The van der Waals surface area contributed by atoms with Crippen LogP contribution in [0.5, 0.6) is 0 Å². The van der Waals surface area contributed by atoms with Gasteiger partial charge in [0, 0.05) is 12.5 Å². The third kappa shape index (κ3) is 10.4. The van der Waals surface area contributed by atoms with Gasteiger partial charge in [0.2, 0.25) is 11.8 Å². The minimum absolute atomic E-state index is 0.189. The molecule has 3 atom stereocenters. The van der Waals surface area contributed by atoms with Crippen molar-refractivity contribution < 1.29 is 28.7 Å². The van der Waals surface area contributed by atoms with Crippen molar-refractivity contribution in [3.05, 3.63) is 71.3 Å². The topological polar surface area (TPSA) is 114 Å². The van der Waals surface area contributed by atoms with Gasteiger partial charge in [-0.1, -0.05) is 61.5 Å². The van der Waals surface area contributed by atoms with Crippen LogP contribution >= 0.6 is 0 Å². The van der Waals surface area contributed by atoms with Crippen LogP contribution in [0.2, 0.25) is 0 Å². The second-order valence-corrected chi connectivity index (χ2v) is 13.1. The fourth-order valence-electron chi connectivity index (χ4n) is 4.68. The van der Waals surface area contributed by atoms with Gasteiger partial charge in [0.05, 0.1) is 0 Å². The quantitative estimate of drug-likeness (QED) is 0.344. The number of rotatable bonds is 11. The number of esters is 1. The zero-order valence-electron chi connectivity index (χ0n) is 26.7. The van der Waals surface area contributed by atoms with E-state index in [0.717, 1.165) is 30.4 Å². The average molecular weight is 594 g/mol. The van der Waals surface area contributed by atoms with Crippen LogP contribution < -0.4 is 10.6 Å². The molecule has 3 unspecified atom stereocenters. The first-order valence-electron chi connectivity index (χ1n) is 15.1. The van der Waals surface area contributed by atoms with Crippen molar-refractivity contribution in [2.45, 2.75) is 116 Å². The molecule has 0 spiro atoms. The molecule has 234 valence electrons. The Labute approximate surface area is 255 Å². The van der Waals surface area contributed by atoms with E-state index in [1.807, 2.05) is 61.5 Å². The van der Waals surface area contributed by atoms with Gasteiger partial charge in [-0.3, -0.25) is 9.59 Å². The molecule has 0 radical (unpaired) electrons. The van der Waals surface area contributed by atoms with Crippen molar-refractivity contribution >= 4 is 23.9 Å². The molecule has 0 aromatic heterocycles. The monoisotopic (exact) mass is 593 g/mol. The molecule has 1 aliphatic carbocycles. The molecule has 9 heteroatoms. The molecule has 0 bridgehead atoms. The van der Waals surface area contributed by atoms with Crippen molar-refractivity contribution in [3.8, 4) is 0 Å². The predicted molar refractivity (Wildman–Crippen MR) is 165 cm³/mol. The van der Waals surface area contributed by atoms with Crippen LogP contribution in [0.15, 0.2) is 54.6 Å². The third-order valence-corrected chi connectivity index (χ3v) is 6.82. The van der Waals surface area contributed by atoms with E-state index in [1.54, 1.807) is 53.4 Å². The molecule has 3 amide bonds. The van der Waals surface area contributed by atoms with Crippen molar-refractivity contribution in [1.82, 2.24) is 15.5 Å². The maximum absolute atomic E-state index is 14.3. The first-order chi connectivity index (χ1) is 20.1. The van der Waals surface area contributed by atoms with E-state index in [-0.39, 0.29) is 12.5 Å². The van der Waals surface area contributed by atoms with E-state index < -0.39 is 53.2 Å². The van der Waals surface area contributed by atoms with E-state index in [9.17, 15) is 19.2 Å². The molecule has 9 nitrogen and oxygen atoms in total. The zero-order chi connectivity index (χ0) is 31.9. The number of hydrogen-bond donors (Lipinski definition) is 2. The summed E-state index contributed by atoms with van der Waals surface area (Å²) in [4.78, 5) is 55.6. The summed E-state index contributed by atoms with van der Waals surface area (Å²) < 4.78 is 11.0. The van der Waals surface area contributed by atoms with Crippen LogP contribution in [0, 0.1) is 0 Å². The van der Waals surface area contributed by atoms with Crippen molar-refractivity contribution in [1.29, 1.82) is 0 Å². The van der Waals surface area contributed by atoms with Gasteiger partial charge in [0.15, 0.2) is 0 Å². The number of aryl methyl sites for hydroxylation is 1. The molecule has 2 aromatic carbocycles. The standard InChI is InChI=1S/C34H47N3O6/c1-9-23-15-17-25(18-16-23)28(37(26-19-20-26)30(39)22(2)35-32(41)43-34(6,7)8)29(38)36-27(31(40)42-33(3,4)5)21-24-13-11-10-12-14-24/h10-18,22,26-28H,9,19-21H2,1-8H3,(H,35,41)(H,36,38). The van der Waals surface area contributed by atoms with Crippen molar-refractivity contribution in [2.75, 3.05) is 0 Å². The van der Waals surface area contributed by atoms with Crippen LogP contribution in [0.25, 0.3) is 0 Å². The fraction of sp³-hybridized carbons (Fsp3) is 0.529. The summed E-state index contributed by atoms with van der Waals surface area (Å²) in [6, 6.07) is 13.8. The third-order valence-electron chi connectivity index (χ3n) is 6.82. The molecule has 1 aliphatic rings. The van der Waals surface area contributed by atoms with E-state index in [1.165, 1.54) is 0 Å². The van der Waals surface area contributed by atoms with Crippen LogP contribution in [-0.4, -0.2) is 58.1 Å². The fourth-order valence-corrected chi connectivity index (χ4v) is 4.68. The number of ether oxygens (including phenoxy) is 2. The average Bonchev–Trinajstić information content (AvgIpc) is 3.74. The van der Waals surface area contributed by atoms with Crippen molar-refractivity contribution in [2.24, 2.45) is 0 Å². The first kappa shape index (κ1) is 33.6. The van der Waals surface area contributed by atoms with E-state index in [2.05, 4.69) is 10.6 Å². The Kier molecular flexibility index (Phi) is 11.0. The molecule has 0 heterocycles. The van der Waals surface area contributed by atoms with Crippen LogP contribution in [-0.2, 0) is 36.7 Å². The molecule has 1 fully saturated rings. The molecule has 3 rings (SSSR count). The number of nitrogens with zero attached hydrogens (tertiary/aromatic N) is 1. The minimum Gasteiger partial charge on any atom is -0.458 e. The Hall–Kier alpha value is -3.88. The van der Waals surface area contributed by atoms with Crippen LogP contribution in [0.4, 0.5) is 4.79 Å². The molecular weight excluding hydrogens is 546 g/mol. The number of alkyl carbamates (subject to hydrolysis) is 1. The molecular formula is C34H47N3O6. The molecule has 2 aromatic rings. The van der Waals surface area contributed by atoms with Gasteiger partial charge >= 0.3 is 12.1 Å². The molecule has 2 N–H and O–H groups in total. The molecule has 43 heavy (non-hydrogen) atoms. The summed E-state index contributed by atoms with van der Waals surface area (Å²) in [5, 5.41) is 5.55. The lowest BCUT2D eigenvalue weighted by atomic mass is 9.99. The van der Waals surface area contributed by atoms with Crippen LogP contribution in [0.1, 0.15) is 91.0 Å². The number of nitrogens with one attached hydrogen (secondary N) is 2. The van der Waals surface area contributed by atoms with Gasteiger partial charge in [-0.15, -0.1) is 0 Å². The Bertz CT molecular complexity index is 1260. The van der Waals surface area contributed by atoms with Gasteiger partial charge in [-0.05, 0) is 84.4 Å². The highest BCUT2D eigenvalue weighted by molar-refractivity contribution is 5.94. The number of benzene rings is 2. The number of amides is 3. The van der Waals surface area contributed by atoms with E-state index >= 15 is 0 Å². The molecule has 0 saturated heterocycles. The van der Waals surface area contributed by atoms with E-state index in [4.69, 9.17) is 9.47 Å². The van der Waals surface area contributed by atoms with Gasteiger partial charge in [-0.2, -0.15) is 0 Å². The Balaban J connectivity index is 1.97. The minimum atomic E-state index is -1.03. The summed E-state index contributed by atoms with van der Waals surface area (Å²) >= 11 is 0. The lowest BCUT2D eigenvalue weighted by Gasteiger charge is -2.35.